The molecule has 2 aromatic carbocycles. The van der Waals surface area contributed by atoms with Gasteiger partial charge in [0.2, 0.25) is 0 Å². The molecule has 20 heavy (non-hydrogen) atoms. The molecule has 1 aromatic heterocycles. The molecule has 0 aliphatic rings. The lowest BCUT2D eigenvalue weighted by Crippen LogP contribution is -2.00. The minimum Gasteiger partial charge on any atom is -0.326 e. The summed E-state index contributed by atoms with van der Waals surface area (Å²) in [6.45, 7) is 1.36. The van der Waals surface area contributed by atoms with Crippen molar-refractivity contribution in [2.45, 2.75) is 13.1 Å². The summed E-state index contributed by atoms with van der Waals surface area (Å²) in [5.41, 5.74) is 10.6. The number of hydrogen-bond acceptors (Lipinski definition) is 2. The molecule has 0 aliphatic heterocycles. The average Bonchev–Trinajstić information content (AvgIpc) is 3.01. The molecule has 3 nitrogen and oxygen atoms in total. The lowest BCUT2D eigenvalue weighted by Gasteiger charge is -2.09. The summed E-state index contributed by atoms with van der Waals surface area (Å²) < 4.78 is 1.92. The van der Waals surface area contributed by atoms with Gasteiger partial charge in [0.25, 0.3) is 0 Å². The maximum absolute atomic E-state index is 5.80. The van der Waals surface area contributed by atoms with Crippen LogP contribution in [0.25, 0.3) is 11.1 Å². The molecular formula is C17H17N3. The monoisotopic (exact) mass is 263 g/mol. The molecular weight excluding hydrogens is 246 g/mol. The SMILES string of the molecule is NCc1ccccc1-c1ccc(Cn2cccn2)cc1. The maximum atomic E-state index is 5.80. The molecule has 0 bridgehead atoms. The fraction of sp³-hybridized carbons (Fsp3) is 0.118. The first kappa shape index (κ1) is 12.6. The highest BCUT2D eigenvalue weighted by Gasteiger charge is 2.03. The van der Waals surface area contributed by atoms with Crippen molar-refractivity contribution in [1.82, 2.24) is 9.78 Å². The maximum Gasteiger partial charge on any atom is 0.0659 e. The van der Waals surface area contributed by atoms with E-state index < -0.39 is 0 Å². The summed E-state index contributed by atoms with van der Waals surface area (Å²) >= 11 is 0. The molecule has 2 N–H and O–H groups in total. The molecule has 0 saturated heterocycles. The van der Waals surface area contributed by atoms with Gasteiger partial charge in [-0.25, -0.2) is 0 Å². The molecule has 0 aliphatic carbocycles. The van der Waals surface area contributed by atoms with Crippen LogP contribution in [0.5, 0.6) is 0 Å². The lowest BCUT2D eigenvalue weighted by molar-refractivity contribution is 0.687. The highest BCUT2D eigenvalue weighted by atomic mass is 15.3. The minimum atomic E-state index is 0.561. The van der Waals surface area contributed by atoms with Crippen molar-refractivity contribution >= 4 is 0 Å². The average molecular weight is 263 g/mol. The van der Waals surface area contributed by atoms with Gasteiger partial charge in [-0.05, 0) is 28.3 Å². The first-order chi connectivity index (χ1) is 9.86. The molecule has 3 aromatic rings. The Bertz CT molecular complexity index is 670. The zero-order valence-corrected chi connectivity index (χ0v) is 11.2. The normalized spacial score (nSPS) is 10.7. The van der Waals surface area contributed by atoms with Crippen molar-refractivity contribution < 1.29 is 0 Å². The van der Waals surface area contributed by atoms with Crippen molar-refractivity contribution in [3.05, 3.63) is 78.1 Å². The Morgan fingerprint density at radius 1 is 0.950 bits per heavy atom. The minimum absolute atomic E-state index is 0.561. The third kappa shape index (κ3) is 2.63. The van der Waals surface area contributed by atoms with E-state index in [0.29, 0.717) is 6.54 Å². The summed E-state index contributed by atoms with van der Waals surface area (Å²) in [5, 5.41) is 4.22. The highest BCUT2D eigenvalue weighted by Crippen LogP contribution is 2.23. The number of rotatable bonds is 4. The van der Waals surface area contributed by atoms with Gasteiger partial charge in [0.05, 0.1) is 6.54 Å². The summed E-state index contributed by atoms with van der Waals surface area (Å²) in [5.74, 6) is 0. The number of nitrogens with two attached hydrogens (primary N) is 1. The van der Waals surface area contributed by atoms with E-state index in [1.165, 1.54) is 22.3 Å². The van der Waals surface area contributed by atoms with E-state index >= 15 is 0 Å². The molecule has 1 heterocycles. The van der Waals surface area contributed by atoms with Gasteiger partial charge in [0.1, 0.15) is 0 Å². The van der Waals surface area contributed by atoms with Gasteiger partial charge in [0.15, 0.2) is 0 Å². The molecule has 0 spiro atoms. The quantitative estimate of drug-likeness (QED) is 0.786. The van der Waals surface area contributed by atoms with E-state index in [-0.39, 0.29) is 0 Å². The van der Waals surface area contributed by atoms with E-state index in [1.54, 1.807) is 6.20 Å². The molecule has 0 unspecified atom stereocenters. The molecule has 0 amide bonds. The van der Waals surface area contributed by atoms with Crippen LogP contribution in [-0.2, 0) is 13.1 Å². The predicted molar refractivity (Wildman–Crippen MR) is 81.1 cm³/mol. The topological polar surface area (TPSA) is 43.8 Å². The second-order valence-corrected chi connectivity index (χ2v) is 4.76. The van der Waals surface area contributed by atoms with Crippen LogP contribution >= 0.6 is 0 Å². The van der Waals surface area contributed by atoms with Gasteiger partial charge in [-0.2, -0.15) is 5.10 Å². The lowest BCUT2D eigenvalue weighted by atomic mass is 9.99. The van der Waals surface area contributed by atoms with E-state index in [9.17, 15) is 0 Å². The van der Waals surface area contributed by atoms with Crippen LogP contribution in [0.4, 0.5) is 0 Å². The summed E-state index contributed by atoms with van der Waals surface area (Å²) in [7, 11) is 0. The molecule has 100 valence electrons. The largest absolute Gasteiger partial charge is 0.326 e. The number of hydrogen-bond donors (Lipinski definition) is 1. The van der Waals surface area contributed by atoms with E-state index in [0.717, 1.165) is 6.54 Å². The van der Waals surface area contributed by atoms with E-state index in [1.807, 2.05) is 29.1 Å². The summed E-state index contributed by atoms with van der Waals surface area (Å²) in [4.78, 5) is 0. The van der Waals surface area contributed by atoms with E-state index in [4.69, 9.17) is 5.73 Å². The zero-order valence-electron chi connectivity index (χ0n) is 11.2. The van der Waals surface area contributed by atoms with Gasteiger partial charge in [-0.1, -0.05) is 48.5 Å². The zero-order chi connectivity index (χ0) is 13.8. The van der Waals surface area contributed by atoms with Crippen molar-refractivity contribution in [2.75, 3.05) is 0 Å². The Labute approximate surface area is 118 Å². The molecule has 3 heteroatoms. The highest BCUT2D eigenvalue weighted by molar-refractivity contribution is 5.67. The summed E-state index contributed by atoms with van der Waals surface area (Å²) in [6.07, 6.45) is 3.77. The predicted octanol–water partition coefficient (Wildman–Crippen LogP) is 3.06. The van der Waals surface area contributed by atoms with Gasteiger partial charge in [0, 0.05) is 18.9 Å². The Kier molecular flexibility index (Phi) is 3.61. The van der Waals surface area contributed by atoms with Crippen molar-refractivity contribution in [2.24, 2.45) is 5.73 Å². The van der Waals surface area contributed by atoms with Crippen molar-refractivity contribution in [3.63, 3.8) is 0 Å². The molecule has 0 radical (unpaired) electrons. The van der Waals surface area contributed by atoms with Crippen LogP contribution in [0.2, 0.25) is 0 Å². The number of nitrogens with zero attached hydrogens (tertiary/aromatic N) is 2. The van der Waals surface area contributed by atoms with Crippen LogP contribution in [-0.4, -0.2) is 9.78 Å². The number of benzene rings is 2. The molecule has 0 atom stereocenters. The second kappa shape index (κ2) is 5.72. The molecule has 3 rings (SSSR count). The molecule has 0 saturated carbocycles. The Morgan fingerprint density at radius 3 is 2.45 bits per heavy atom. The van der Waals surface area contributed by atoms with Gasteiger partial charge in [-0.15, -0.1) is 0 Å². The van der Waals surface area contributed by atoms with Gasteiger partial charge < -0.3 is 5.73 Å². The second-order valence-electron chi connectivity index (χ2n) is 4.76. The Morgan fingerprint density at radius 2 is 1.75 bits per heavy atom. The Hall–Kier alpha value is -2.39. The fourth-order valence-electron chi connectivity index (χ4n) is 2.35. The van der Waals surface area contributed by atoms with Crippen LogP contribution in [0.3, 0.4) is 0 Å². The first-order valence-corrected chi connectivity index (χ1v) is 6.71. The van der Waals surface area contributed by atoms with Crippen LogP contribution in [0.15, 0.2) is 67.0 Å². The smallest absolute Gasteiger partial charge is 0.0659 e. The first-order valence-electron chi connectivity index (χ1n) is 6.71. The van der Waals surface area contributed by atoms with Crippen molar-refractivity contribution in [3.8, 4) is 11.1 Å². The van der Waals surface area contributed by atoms with E-state index in [2.05, 4.69) is 41.5 Å². The van der Waals surface area contributed by atoms with Crippen LogP contribution in [0, 0.1) is 0 Å². The standard InChI is InChI=1S/C17H17N3/c18-12-16-4-1-2-5-17(16)15-8-6-14(7-9-15)13-20-11-3-10-19-20/h1-11H,12-13,18H2. The van der Waals surface area contributed by atoms with Crippen molar-refractivity contribution in [1.29, 1.82) is 0 Å². The number of aromatic nitrogens is 2. The molecule has 0 fully saturated rings. The Balaban J connectivity index is 1.85. The van der Waals surface area contributed by atoms with Gasteiger partial charge in [-0.3, -0.25) is 4.68 Å². The third-order valence-electron chi connectivity index (χ3n) is 3.41. The fourth-order valence-corrected chi connectivity index (χ4v) is 2.35. The summed E-state index contributed by atoms with van der Waals surface area (Å²) in [6, 6.07) is 18.8. The third-order valence-corrected chi connectivity index (χ3v) is 3.41. The van der Waals surface area contributed by atoms with Gasteiger partial charge >= 0.3 is 0 Å². The van der Waals surface area contributed by atoms with Crippen LogP contribution < -0.4 is 5.73 Å². The van der Waals surface area contributed by atoms with Crippen LogP contribution in [0.1, 0.15) is 11.1 Å².